The maximum atomic E-state index is 13.6. The maximum absolute atomic E-state index is 13.6. The third kappa shape index (κ3) is 3.16. The Balaban J connectivity index is 1.35. The Labute approximate surface area is 170 Å². The number of aryl methyl sites for hydroxylation is 2. The van der Waals surface area contributed by atoms with Gasteiger partial charge in [-0.2, -0.15) is 0 Å². The van der Waals surface area contributed by atoms with E-state index in [0.29, 0.717) is 24.3 Å². The molecular formula is C23H26N4O2. The van der Waals surface area contributed by atoms with Crippen LogP contribution in [0.5, 0.6) is 5.88 Å². The molecule has 1 aliphatic carbocycles. The van der Waals surface area contributed by atoms with E-state index >= 15 is 0 Å². The maximum Gasteiger partial charge on any atom is 0.271 e. The molecule has 3 aliphatic rings. The molecule has 0 N–H and O–H groups in total. The number of amides is 1. The Kier molecular flexibility index (Phi) is 4.49. The molecule has 3 aromatic rings. The summed E-state index contributed by atoms with van der Waals surface area (Å²) in [7, 11) is 0. The number of hydrogen-bond donors (Lipinski definition) is 0. The van der Waals surface area contributed by atoms with Gasteiger partial charge in [-0.15, -0.1) is 0 Å². The third-order valence-corrected chi connectivity index (χ3v) is 6.58. The van der Waals surface area contributed by atoms with Gasteiger partial charge in [-0.05, 0) is 62.6 Å². The molecule has 0 spiro atoms. The number of piperidine rings is 2. The van der Waals surface area contributed by atoms with Crippen molar-refractivity contribution in [3.63, 3.8) is 0 Å². The van der Waals surface area contributed by atoms with E-state index in [1.54, 1.807) is 6.20 Å². The normalized spacial score (nSPS) is 23.5. The van der Waals surface area contributed by atoms with Gasteiger partial charge in [0.25, 0.3) is 5.91 Å². The van der Waals surface area contributed by atoms with Crippen LogP contribution in [0.3, 0.4) is 0 Å². The lowest BCUT2D eigenvalue weighted by Gasteiger charge is -2.49. The molecule has 2 bridgehead atoms. The van der Waals surface area contributed by atoms with Crippen LogP contribution in [0.25, 0.3) is 5.65 Å². The number of imidazole rings is 1. The van der Waals surface area contributed by atoms with E-state index in [2.05, 4.69) is 14.9 Å². The van der Waals surface area contributed by atoms with E-state index in [-0.39, 0.29) is 11.9 Å². The second-order valence-corrected chi connectivity index (χ2v) is 8.38. The molecule has 5 heterocycles. The molecule has 6 heteroatoms. The van der Waals surface area contributed by atoms with E-state index in [4.69, 9.17) is 4.74 Å². The first-order chi connectivity index (χ1) is 14.1. The largest absolute Gasteiger partial charge is 0.477 e. The lowest BCUT2D eigenvalue weighted by molar-refractivity contribution is -0.00520. The fourth-order valence-electron chi connectivity index (χ4n) is 5.02. The number of hydrogen-bond acceptors (Lipinski definition) is 4. The molecule has 6 nitrogen and oxygen atoms in total. The summed E-state index contributed by atoms with van der Waals surface area (Å²) in [5, 5.41) is 0. The Morgan fingerprint density at radius 2 is 2.07 bits per heavy atom. The van der Waals surface area contributed by atoms with Crippen molar-refractivity contribution in [1.29, 1.82) is 0 Å². The highest BCUT2D eigenvalue weighted by molar-refractivity contribution is 5.95. The minimum absolute atomic E-state index is 0.132. The number of pyridine rings is 2. The Morgan fingerprint density at radius 1 is 1.17 bits per heavy atom. The van der Waals surface area contributed by atoms with Crippen molar-refractivity contribution in [2.45, 2.75) is 39.2 Å². The van der Waals surface area contributed by atoms with Crippen LogP contribution in [0.4, 0.5) is 0 Å². The lowest BCUT2D eigenvalue weighted by atomic mass is 9.72. The average molecular weight is 390 g/mol. The standard InChI is InChI=1S/C23H26N4O2/c1-15-6-9-20-25-12-16(2)27(20)22(15)23(28)26-13-17-7-8-19(26)11-18(17)14-29-21-5-3-4-10-24-21/h3-6,9-10,12,17-19H,7-8,11,13-14H2,1-2H3. The summed E-state index contributed by atoms with van der Waals surface area (Å²) >= 11 is 0. The van der Waals surface area contributed by atoms with E-state index < -0.39 is 0 Å². The molecule has 6 rings (SSSR count). The number of rotatable bonds is 4. The topological polar surface area (TPSA) is 59.7 Å². The molecule has 2 saturated heterocycles. The van der Waals surface area contributed by atoms with Gasteiger partial charge < -0.3 is 9.64 Å². The number of ether oxygens (including phenoxy) is 1. The molecule has 0 radical (unpaired) electrons. The quantitative estimate of drug-likeness (QED) is 0.682. The summed E-state index contributed by atoms with van der Waals surface area (Å²) in [5.41, 5.74) is 3.59. The monoisotopic (exact) mass is 390 g/mol. The van der Waals surface area contributed by atoms with Gasteiger partial charge in [0.2, 0.25) is 5.88 Å². The van der Waals surface area contributed by atoms with Crippen LogP contribution in [0, 0.1) is 25.7 Å². The van der Waals surface area contributed by atoms with Gasteiger partial charge in [0.05, 0.1) is 6.61 Å². The summed E-state index contributed by atoms with van der Waals surface area (Å²) < 4.78 is 7.94. The summed E-state index contributed by atoms with van der Waals surface area (Å²) in [6, 6.07) is 9.99. The van der Waals surface area contributed by atoms with Crippen molar-refractivity contribution in [1.82, 2.24) is 19.3 Å². The van der Waals surface area contributed by atoms with E-state index in [1.807, 2.05) is 54.8 Å². The van der Waals surface area contributed by atoms with Crippen LogP contribution in [0.15, 0.2) is 42.7 Å². The van der Waals surface area contributed by atoms with Crippen LogP contribution in [-0.2, 0) is 0 Å². The highest BCUT2D eigenvalue weighted by Crippen LogP contribution is 2.40. The lowest BCUT2D eigenvalue weighted by Crippen LogP contribution is -2.55. The Bertz CT molecular complexity index is 1050. The summed E-state index contributed by atoms with van der Waals surface area (Å²) in [5.74, 6) is 1.77. The van der Waals surface area contributed by atoms with E-state index in [1.165, 1.54) is 0 Å². The second kappa shape index (κ2) is 7.17. The van der Waals surface area contributed by atoms with Crippen LogP contribution < -0.4 is 4.74 Å². The van der Waals surface area contributed by atoms with Gasteiger partial charge >= 0.3 is 0 Å². The van der Waals surface area contributed by atoms with Gasteiger partial charge in [0.15, 0.2) is 0 Å². The highest BCUT2D eigenvalue weighted by atomic mass is 16.5. The minimum atomic E-state index is 0.132. The highest BCUT2D eigenvalue weighted by Gasteiger charge is 2.43. The number of nitrogens with zero attached hydrogens (tertiary/aromatic N) is 4. The van der Waals surface area contributed by atoms with Crippen LogP contribution in [0.1, 0.15) is 41.0 Å². The van der Waals surface area contributed by atoms with Gasteiger partial charge in [0, 0.05) is 36.7 Å². The Morgan fingerprint density at radius 3 is 2.83 bits per heavy atom. The van der Waals surface area contributed by atoms with Crippen LogP contribution in [0.2, 0.25) is 0 Å². The number of carbonyl (C=O) groups is 1. The van der Waals surface area contributed by atoms with Gasteiger partial charge in [-0.3, -0.25) is 9.20 Å². The van der Waals surface area contributed by atoms with Gasteiger partial charge in [0.1, 0.15) is 11.3 Å². The molecule has 3 aromatic heterocycles. The zero-order valence-electron chi connectivity index (χ0n) is 16.9. The van der Waals surface area contributed by atoms with Gasteiger partial charge in [-0.1, -0.05) is 12.1 Å². The smallest absolute Gasteiger partial charge is 0.271 e. The predicted molar refractivity (Wildman–Crippen MR) is 110 cm³/mol. The van der Waals surface area contributed by atoms with Gasteiger partial charge in [-0.25, -0.2) is 9.97 Å². The average Bonchev–Trinajstić information content (AvgIpc) is 3.13. The minimum Gasteiger partial charge on any atom is -0.477 e. The summed E-state index contributed by atoms with van der Waals surface area (Å²) in [4.78, 5) is 24.4. The molecular weight excluding hydrogens is 364 g/mol. The first-order valence-electron chi connectivity index (χ1n) is 10.4. The molecule has 150 valence electrons. The first-order valence-corrected chi connectivity index (χ1v) is 10.4. The molecule has 3 unspecified atom stereocenters. The van der Waals surface area contributed by atoms with Crippen molar-refractivity contribution in [3.05, 3.63) is 59.7 Å². The van der Waals surface area contributed by atoms with Crippen LogP contribution >= 0.6 is 0 Å². The molecule has 2 aliphatic heterocycles. The van der Waals surface area contributed by atoms with Crippen molar-refractivity contribution in [2.75, 3.05) is 13.2 Å². The SMILES string of the molecule is Cc1ccc2ncc(C)n2c1C(=O)N1CC2CCC1CC2COc1ccccn1. The molecule has 3 atom stereocenters. The van der Waals surface area contributed by atoms with E-state index in [0.717, 1.165) is 48.4 Å². The zero-order chi connectivity index (χ0) is 20.0. The summed E-state index contributed by atoms with van der Waals surface area (Å²) in [6.45, 7) is 5.50. The van der Waals surface area contributed by atoms with Crippen LogP contribution in [-0.4, -0.2) is 44.4 Å². The third-order valence-electron chi connectivity index (χ3n) is 6.58. The summed E-state index contributed by atoms with van der Waals surface area (Å²) in [6.07, 6.45) is 6.83. The fraction of sp³-hybridized carbons (Fsp3) is 0.435. The number of aromatic nitrogens is 3. The molecule has 1 saturated carbocycles. The molecule has 3 fully saturated rings. The number of fused-ring (bicyclic) bond motifs is 4. The Hall–Kier alpha value is -2.89. The van der Waals surface area contributed by atoms with Crippen molar-refractivity contribution >= 4 is 11.6 Å². The van der Waals surface area contributed by atoms with Crippen molar-refractivity contribution < 1.29 is 9.53 Å². The molecule has 29 heavy (non-hydrogen) atoms. The molecule has 1 amide bonds. The van der Waals surface area contributed by atoms with E-state index in [9.17, 15) is 4.79 Å². The first kappa shape index (κ1) is 18.2. The fourth-order valence-corrected chi connectivity index (χ4v) is 5.02. The zero-order valence-corrected chi connectivity index (χ0v) is 16.9. The molecule has 0 aromatic carbocycles. The predicted octanol–water partition coefficient (Wildman–Crippen LogP) is 3.67. The second-order valence-electron chi connectivity index (χ2n) is 8.38. The number of carbonyl (C=O) groups excluding carboxylic acids is 1. The van der Waals surface area contributed by atoms with Crippen molar-refractivity contribution in [2.24, 2.45) is 11.8 Å². The van der Waals surface area contributed by atoms with Crippen molar-refractivity contribution in [3.8, 4) is 5.88 Å².